The lowest BCUT2D eigenvalue weighted by molar-refractivity contribution is 0.0737. The number of hydrogen-bond donors (Lipinski definition) is 2. The first kappa shape index (κ1) is 13.6. The lowest BCUT2D eigenvalue weighted by Gasteiger charge is -2.27. The Morgan fingerprint density at radius 2 is 1.90 bits per heavy atom. The molecule has 0 bridgehead atoms. The Morgan fingerprint density at radius 3 is 2.57 bits per heavy atom. The summed E-state index contributed by atoms with van der Waals surface area (Å²) < 4.78 is 0. The molecule has 5 nitrogen and oxygen atoms in total. The fourth-order valence-electron chi connectivity index (χ4n) is 2.63. The van der Waals surface area contributed by atoms with Crippen LogP contribution >= 0.6 is 11.3 Å². The smallest absolute Gasteiger partial charge is 0.254 e. The number of nitrogen functional groups attached to an aromatic ring is 1. The van der Waals surface area contributed by atoms with Gasteiger partial charge in [0.05, 0.1) is 17.1 Å². The number of carbonyl (C=O) groups excluding carboxylic acids is 2. The van der Waals surface area contributed by atoms with Gasteiger partial charge in [0.2, 0.25) is 0 Å². The highest BCUT2D eigenvalue weighted by atomic mass is 32.1. The highest BCUT2D eigenvalue weighted by molar-refractivity contribution is 7.16. The number of fused-ring (bicyclic) bond motifs is 1. The van der Waals surface area contributed by atoms with E-state index in [1.807, 2.05) is 18.2 Å². The molecular weight excluding hydrogens is 286 g/mol. The summed E-state index contributed by atoms with van der Waals surface area (Å²) in [6.45, 7) is 1.04. The zero-order valence-electron chi connectivity index (χ0n) is 11.3. The first-order valence-corrected chi connectivity index (χ1v) is 7.43. The summed E-state index contributed by atoms with van der Waals surface area (Å²) in [6.07, 6.45) is 0.611. The minimum Gasteiger partial charge on any atom is -0.390 e. The van der Waals surface area contributed by atoms with Crippen LogP contribution in [0.25, 0.3) is 0 Å². The van der Waals surface area contributed by atoms with E-state index in [4.69, 9.17) is 11.5 Å². The maximum Gasteiger partial charge on any atom is 0.254 e. The van der Waals surface area contributed by atoms with Crippen LogP contribution in [0.5, 0.6) is 0 Å². The standard InChI is InChI=1S/C15H15N3O2S/c16-13(19)12-10-6-7-18(8-11(10)21-14(12)17)15(20)9-4-2-1-3-5-9/h1-5H,6-8,17H2,(H2,16,19). The average Bonchev–Trinajstić information content (AvgIpc) is 2.82. The number of thiophene rings is 1. The third-order valence-corrected chi connectivity index (χ3v) is 4.68. The lowest BCUT2D eigenvalue weighted by Crippen LogP contribution is -2.35. The number of amides is 2. The summed E-state index contributed by atoms with van der Waals surface area (Å²) in [7, 11) is 0. The molecule has 0 fully saturated rings. The molecule has 1 aliphatic rings. The van der Waals surface area contributed by atoms with E-state index in [9.17, 15) is 9.59 Å². The molecule has 1 aromatic carbocycles. The summed E-state index contributed by atoms with van der Waals surface area (Å²) in [5.41, 5.74) is 13.2. The highest BCUT2D eigenvalue weighted by Crippen LogP contribution is 2.35. The lowest BCUT2D eigenvalue weighted by atomic mass is 10.0. The summed E-state index contributed by atoms with van der Waals surface area (Å²) in [4.78, 5) is 26.6. The number of primary amides is 1. The molecular formula is C15H15N3O2S. The van der Waals surface area contributed by atoms with E-state index >= 15 is 0 Å². The first-order valence-electron chi connectivity index (χ1n) is 6.62. The zero-order valence-corrected chi connectivity index (χ0v) is 12.2. The van der Waals surface area contributed by atoms with Crippen LogP contribution in [-0.2, 0) is 13.0 Å². The maximum absolute atomic E-state index is 12.4. The number of nitrogens with zero attached hydrogens (tertiary/aromatic N) is 1. The van der Waals surface area contributed by atoms with Crippen molar-refractivity contribution in [1.29, 1.82) is 0 Å². The number of anilines is 1. The first-order chi connectivity index (χ1) is 10.1. The van der Waals surface area contributed by atoms with E-state index in [1.54, 1.807) is 17.0 Å². The van der Waals surface area contributed by atoms with Gasteiger partial charge in [0.1, 0.15) is 0 Å². The summed E-state index contributed by atoms with van der Waals surface area (Å²) in [5.74, 6) is -0.498. The minimum atomic E-state index is -0.493. The summed E-state index contributed by atoms with van der Waals surface area (Å²) in [5, 5.41) is 0.446. The molecule has 0 saturated carbocycles. The molecule has 1 aliphatic heterocycles. The highest BCUT2D eigenvalue weighted by Gasteiger charge is 2.28. The predicted molar refractivity (Wildman–Crippen MR) is 82.1 cm³/mol. The molecule has 0 aliphatic carbocycles. The van der Waals surface area contributed by atoms with Gasteiger partial charge in [-0.1, -0.05) is 18.2 Å². The molecule has 108 valence electrons. The van der Waals surface area contributed by atoms with Gasteiger partial charge in [-0.15, -0.1) is 11.3 Å². The fraction of sp³-hybridized carbons (Fsp3) is 0.200. The van der Waals surface area contributed by atoms with Crippen molar-refractivity contribution in [2.24, 2.45) is 5.73 Å². The number of hydrogen-bond acceptors (Lipinski definition) is 4. The van der Waals surface area contributed by atoms with Gasteiger partial charge in [-0.05, 0) is 24.1 Å². The SMILES string of the molecule is NC(=O)c1c(N)sc2c1CCN(C(=O)c1ccccc1)C2. The van der Waals surface area contributed by atoms with E-state index in [0.717, 1.165) is 10.4 Å². The molecule has 4 N–H and O–H groups in total. The normalized spacial score (nSPS) is 13.8. The van der Waals surface area contributed by atoms with Crippen molar-refractivity contribution in [3.63, 3.8) is 0 Å². The van der Waals surface area contributed by atoms with Crippen molar-refractivity contribution >= 4 is 28.2 Å². The van der Waals surface area contributed by atoms with Crippen LogP contribution in [-0.4, -0.2) is 23.3 Å². The Labute approximate surface area is 126 Å². The minimum absolute atomic E-state index is 0.00570. The van der Waals surface area contributed by atoms with Gasteiger partial charge >= 0.3 is 0 Å². The molecule has 21 heavy (non-hydrogen) atoms. The Balaban J connectivity index is 1.87. The zero-order chi connectivity index (χ0) is 15.0. The molecule has 2 heterocycles. The van der Waals surface area contributed by atoms with E-state index in [2.05, 4.69) is 0 Å². The molecule has 0 saturated heterocycles. The second kappa shape index (κ2) is 5.21. The average molecular weight is 301 g/mol. The summed E-state index contributed by atoms with van der Waals surface area (Å²) in [6, 6.07) is 9.17. The van der Waals surface area contributed by atoms with Gasteiger partial charge in [0, 0.05) is 17.0 Å². The van der Waals surface area contributed by atoms with Crippen molar-refractivity contribution in [2.45, 2.75) is 13.0 Å². The van der Waals surface area contributed by atoms with Crippen molar-refractivity contribution < 1.29 is 9.59 Å². The Kier molecular flexibility index (Phi) is 3.39. The number of nitrogens with two attached hydrogens (primary N) is 2. The monoisotopic (exact) mass is 301 g/mol. The van der Waals surface area contributed by atoms with Gasteiger partial charge in [-0.2, -0.15) is 0 Å². The molecule has 3 rings (SSSR count). The van der Waals surface area contributed by atoms with Crippen LogP contribution in [0.3, 0.4) is 0 Å². The van der Waals surface area contributed by atoms with Crippen LogP contribution in [0.4, 0.5) is 5.00 Å². The van der Waals surface area contributed by atoms with E-state index in [-0.39, 0.29) is 5.91 Å². The topological polar surface area (TPSA) is 89.4 Å². The van der Waals surface area contributed by atoms with Crippen LogP contribution < -0.4 is 11.5 Å². The van der Waals surface area contributed by atoms with Crippen LogP contribution in [0.2, 0.25) is 0 Å². The molecule has 1 aromatic heterocycles. The fourth-order valence-corrected chi connectivity index (χ4v) is 3.77. The van der Waals surface area contributed by atoms with Crippen LogP contribution in [0.1, 0.15) is 31.2 Å². The maximum atomic E-state index is 12.4. The number of rotatable bonds is 2. The third kappa shape index (κ3) is 2.38. The molecule has 0 atom stereocenters. The molecule has 0 spiro atoms. The summed E-state index contributed by atoms with van der Waals surface area (Å²) >= 11 is 1.34. The van der Waals surface area contributed by atoms with Gasteiger partial charge in [0.25, 0.3) is 11.8 Å². The molecule has 2 aromatic rings. The van der Waals surface area contributed by atoms with Crippen molar-refractivity contribution in [2.75, 3.05) is 12.3 Å². The molecule has 0 radical (unpaired) electrons. The largest absolute Gasteiger partial charge is 0.390 e. The molecule has 6 heteroatoms. The van der Waals surface area contributed by atoms with Gasteiger partial charge in [-0.3, -0.25) is 9.59 Å². The van der Waals surface area contributed by atoms with Crippen LogP contribution in [0.15, 0.2) is 30.3 Å². The van der Waals surface area contributed by atoms with Crippen molar-refractivity contribution in [1.82, 2.24) is 4.90 Å². The number of carbonyl (C=O) groups is 2. The molecule has 0 unspecified atom stereocenters. The number of benzene rings is 1. The van der Waals surface area contributed by atoms with E-state index in [0.29, 0.717) is 35.6 Å². The van der Waals surface area contributed by atoms with Gasteiger partial charge < -0.3 is 16.4 Å². The third-order valence-electron chi connectivity index (χ3n) is 3.64. The Hall–Kier alpha value is -2.34. The van der Waals surface area contributed by atoms with Gasteiger partial charge in [-0.25, -0.2) is 0 Å². The van der Waals surface area contributed by atoms with Crippen LogP contribution in [0, 0.1) is 0 Å². The van der Waals surface area contributed by atoms with Crippen molar-refractivity contribution in [3.8, 4) is 0 Å². The quantitative estimate of drug-likeness (QED) is 0.883. The van der Waals surface area contributed by atoms with E-state index in [1.165, 1.54) is 11.3 Å². The van der Waals surface area contributed by atoms with Crippen molar-refractivity contribution in [3.05, 3.63) is 51.9 Å². The second-order valence-corrected chi connectivity index (χ2v) is 6.09. The Morgan fingerprint density at radius 1 is 1.19 bits per heavy atom. The molecule has 2 amide bonds. The Bertz CT molecular complexity index is 709. The predicted octanol–water partition coefficient (Wildman–Crippen LogP) is 1.63. The second-order valence-electron chi connectivity index (χ2n) is 4.95. The van der Waals surface area contributed by atoms with Gasteiger partial charge in [0.15, 0.2) is 0 Å². The van der Waals surface area contributed by atoms with E-state index < -0.39 is 5.91 Å².